The van der Waals surface area contributed by atoms with E-state index in [1.54, 1.807) is 0 Å². The van der Waals surface area contributed by atoms with Gasteiger partial charge in [-0.25, -0.2) is 0 Å². The molecule has 0 N–H and O–H groups in total. The van der Waals surface area contributed by atoms with Gasteiger partial charge in [-0.05, 0) is 52.8 Å². The Morgan fingerprint density at radius 1 is 1.12 bits per heavy atom. The van der Waals surface area contributed by atoms with Crippen molar-refractivity contribution in [2.24, 2.45) is 7.05 Å². The van der Waals surface area contributed by atoms with E-state index in [9.17, 15) is 4.79 Å². The number of amides is 1. The minimum atomic E-state index is 0.0311. The lowest BCUT2D eigenvalue weighted by Gasteiger charge is -2.25. The van der Waals surface area contributed by atoms with Gasteiger partial charge in [0.05, 0.1) is 29.5 Å². The Kier molecular flexibility index (Phi) is 4.56. The van der Waals surface area contributed by atoms with Crippen LogP contribution in [0.1, 0.15) is 45.8 Å². The normalized spacial score (nSPS) is 14.6. The number of hydrogen-bond donors (Lipinski definition) is 0. The second-order valence-corrected chi connectivity index (χ2v) is 7.96. The van der Waals surface area contributed by atoms with Gasteiger partial charge in [-0.3, -0.25) is 9.48 Å². The van der Waals surface area contributed by atoms with E-state index in [1.807, 2.05) is 34.8 Å². The van der Waals surface area contributed by atoms with Crippen molar-refractivity contribution in [2.75, 3.05) is 0 Å². The molecule has 0 bridgehead atoms. The van der Waals surface area contributed by atoms with Gasteiger partial charge < -0.3 is 4.90 Å². The van der Waals surface area contributed by atoms with Gasteiger partial charge in [0.2, 0.25) is 0 Å². The van der Waals surface area contributed by atoms with Crippen molar-refractivity contribution in [1.29, 1.82) is 0 Å². The lowest BCUT2D eigenvalue weighted by molar-refractivity contribution is 0.0711. The average Bonchev–Trinajstić information content (AvgIpc) is 3.12. The van der Waals surface area contributed by atoms with Gasteiger partial charge in [0.25, 0.3) is 5.91 Å². The van der Waals surface area contributed by atoms with Crippen LogP contribution in [0, 0.1) is 3.57 Å². The van der Waals surface area contributed by atoms with Crippen molar-refractivity contribution in [2.45, 2.75) is 25.9 Å². The number of carbonyl (C=O) groups excluding carboxylic acids is 1. The van der Waals surface area contributed by atoms with Crippen LogP contribution in [-0.2, 0) is 20.0 Å². The number of fused-ring (bicyclic) bond motifs is 1. The Labute approximate surface area is 167 Å². The summed E-state index contributed by atoms with van der Waals surface area (Å²) in [5.74, 6) is 0.0880. The van der Waals surface area contributed by atoms with Gasteiger partial charge in [0.1, 0.15) is 0 Å². The topological polar surface area (TPSA) is 38.1 Å². The van der Waals surface area contributed by atoms with Crippen LogP contribution < -0.4 is 0 Å². The summed E-state index contributed by atoms with van der Waals surface area (Å²) in [5.41, 5.74) is 5.01. The molecular formula is C21H20IN3O. The fourth-order valence-electron chi connectivity index (χ4n) is 3.58. The summed E-state index contributed by atoms with van der Waals surface area (Å²) in [6, 6.07) is 18.6. The Hall–Kier alpha value is -2.15. The molecule has 132 valence electrons. The molecule has 0 radical (unpaired) electrons. The van der Waals surface area contributed by atoms with E-state index in [4.69, 9.17) is 0 Å². The largest absolute Gasteiger partial charge is 0.326 e. The van der Waals surface area contributed by atoms with Gasteiger partial charge in [-0.1, -0.05) is 42.5 Å². The van der Waals surface area contributed by atoms with Crippen LogP contribution in [0.4, 0.5) is 0 Å². The summed E-state index contributed by atoms with van der Waals surface area (Å²) in [7, 11) is 1.93. The number of aromatic nitrogens is 2. The van der Waals surface area contributed by atoms with E-state index in [0.29, 0.717) is 6.54 Å². The van der Waals surface area contributed by atoms with Gasteiger partial charge in [0, 0.05) is 17.0 Å². The summed E-state index contributed by atoms with van der Waals surface area (Å²) < 4.78 is 3.06. The first kappa shape index (κ1) is 17.3. The van der Waals surface area contributed by atoms with Crippen molar-refractivity contribution >= 4 is 28.5 Å². The van der Waals surface area contributed by atoms with E-state index in [1.165, 1.54) is 9.13 Å². The van der Waals surface area contributed by atoms with Crippen molar-refractivity contribution in [3.05, 3.63) is 86.2 Å². The van der Waals surface area contributed by atoms with Gasteiger partial charge in [0.15, 0.2) is 0 Å². The molecule has 4 nitrogen and oxygen atoms in total. The van der Waals surface area contributed by atoms with Crippen LogP contribution >= 0.6 is 22.6 Å². The highest BCUT2D eigenvalue weighted by molar-refractivity contribution is 14.1. The Bertz CT molecular complexity index is 947. The lowest BCUT2D eigenvalue weighted by atomic mass is 10.1. The molecule has 0 fully saturated rings. The quantitative estimate of drug-likeness (QED) is 0.547. The summed E-state index contributed by atoms with van der Waals surface area (Å²) in [4.78, 5) is 15.1. The average molecular weight is 457 g/mol. The van der Waals surface area contributed by atoms with Crippen LogP contribution in [0.3, 0.4) is 0 Å². The molecule has 2 heterocycles. The molecule has 3 aromatic rings. The van der Waals surface area contributed by atoms with E-state index in [0.717, 1.165) is 28.9 Å². The first-order valence-corrected chi connectivity index (χ1v) is 9.77. The second-order valence-electron chi connectivity index (χ2n) is 6.71. The molecule has 0 aliphatic carbocycles. The number of aryl methyl sites for hydroxylation is 1. The van der Waals surface area contributed by atoms with Crippen LogP contribution in [0.15, 0.2) is 54.6 Å². The van der Waals surface area contributed by atoms with Gasteiger partial charge in [-0.15, -0.1) is 0 Å². The summed E-state index contributed by atoms with van der Waals surface area (Å²) in [6.07, 6.45) is 0.719. The Balaban J connectivity index is 1.63. The van der Waals surface area contributed by atoms with Crippen molar-refractivity contribution in [1.82, 2.24) is 14.7 Å². The maximum absolute atomic E-state index is 13.2. The molecule has 1 atom stereocenters. The minimum Gasteiger partial charge on any atom is -0.326 e. The first-order valence-electron chi connectivity index (χ1n) is 8.69. The molecule has 1 aliphatic rings. The molecular weight excluding hydrogens is 437 g/mol. The third-order valence-corrected chi connectivity index (χ3v) is 5.79. The van der Waals surface area contributed by atoms with E-state index in [-0.39, 0.29) is 11.9 Å². The van der Waals surface area contributed by atoms with Crippen LogP contribution in [-0.4, -0.2) is 20.6 Å². The third kappa shape index (κ3) is 3.05. The summed E-state index contributed by atoms with van der Waals surface area (Å²) >= 11 is 2.30. The molecule has 4 rings (SSSR count). The zero-order valence-corrected chi connectivity index (χ0v) is 17.0. The number of halogens is 1. The Morgan fingerprint density at radius 2 is 1.81 bits per heavy atom. The maximum atomic E-state index is 13.2. The highest BCUT2D eigenvalue weighted by atomic mass is 127. The van der Waals surface area contributed by atoms with E-state index in [2.05, 4.69) is 71.0 Å². The van der Waals surface area contributed by atoms with Crippen molar-refractivity contribution < 1.29 is 4.79 Å². The molecule has 2 aromatic carbocycles. The van der Waals surface area contributed by atoms with Crippen LogP contribution in [0.5, 0.6) is 0 Å². The molecule has 1 amide bonds. The number of rotatable bonds is 4. The number of benzene rings is 2. The fourth-order valence-corrected chi connectivity index (χ4v) is 3.94. The predicted octanol–water partition coefficient (Wildman–Crippen LogP) is 4.33. The number of nitrogens with zero attached hydrogens (tertiary/aromatic N) is 3. The van der Waals surface area contributed by atoms with E-state index < -0.39 is 0 Å². The predicted molar refractivity (Wildman–Crippen MR) is 110 cm³/mol. The molecule has 0 unspecified atom stereocenters. The van der Waals surface area contributed by atoms with Crippen molar-refractivity contribution in [3.8, 4) is 0 Å². The SMILES string of the molecule is C[C@@H](c1ccc(I)cc1)N1Cc2nn(C)c(Cc3ccccc3)c2C1=O. The van der Waals surface area contributed by atoms with Crippen molar-refractivity contribution in [3.63, 3.8) is 0 Å². The van der Waals surface area contributed by atoms with Gasteiger partial charge >= 0.3 is 0 Å². The molecule has 0 spiro atoms. The summed E-state index contributed by atoms with van der Waals surface area (Å²) in [5, 5.41) is 4.63. The smallest absolute Gasteiger partial charge is 0.258 e. The van der Waals surface area contributed by atoms with Crippen LogP contribution in [0.25, 0.3) is 0 Å². The zero-order chi connectivity index (χ0) is 18.3. The van der Waals surface area contributed by atoms with Gasteiger partial charge in [-0.2, -0.15) is 5.10 Å². The monoisotopic (exact) mass is 457 g/mol. The highest BCUT2D eigenvalue weighted by Crippen LogP contribution is 2.33. The lowest BCUT2D eigenvalue weighted by Crippen LogP contribution is -2.28. The third-order valence-electron chi connectivity index (χ3n) is 5.07. The van der Waals surface area contributed by atoms with Crippen LogP contribution in [0.2, 0.25) is 0 Å². The Morgan fingerprint density at radius 3 is 2.50 bits per heavy atom. The minimum absolute atomic E-state index is 0.0311. The molecule has 0 saturated carbocycles. The van der Waals surface area contributed by atoms with E-state index >= 15 is 0 Å². The molecule has 1 aliphatic heterocycles. The first-order chi connectivity index (χ1) is 12.5. The molecule has 26 heavy (non-hydrogen) atoms. The number of hydrogen-bond acceptors (Lipinski definition) is 2. The molecule has 0 saturated heterocycles. The number of carbonyl (C=O) groups is 1. The maximum Gasteiger partial charge on any atom is 0.258 e. The standard InChI is InChI=1S/C21H20IN3O/c1-14(16-8-10-17(22)11-9-16)25-13-18-20(21(25)26)19(24(2)23-18)12-15-6-4-3-5-7-15/h3-11,14H,12-13H2,1-2H3/t14-/m0/s1. The highest BCUT2D eigenvalue weighted by Gasteiger charge is 2.36. The molecule has 5 heteroatoms. The zero-order valence-electron chi connectivity index (χ0n) is 14.8. The summed E-state index contributed by atoms with van der Waals surface area (Å²) in [6.45, 7) is 2.66. The second kappa shape index (κ2) is 6.87. The fraction of sp³-hybridized carbons (Fsp3) is 0.238. The molecule has 1 aromatic heterocycles.